The van der Waals surface area contributed by atoms with Gasteiger partial charge in [0.15, 0.2) is 0 Å². The molecule has 2 heteroatoms. The van der Waals surface area contributed by atoms with Crippen molar-refractivity contribution in [3.05, 3.63) is 11.4 Å². The molecular weight excluding hydrogens is 214 g/mol. The monoisotopic (exact) mass is 231 g/mol. The zero-order valence-electron chi connectivity index (χ0n) is 8.02. The highest BCUT2D eigenvalue weighted by atomic mass is 79.9. The minimum atomic E-state index is 0.600. The molecule has 0 amide bonds. The smallest absolute Gasteiger partial charge is 0.214 e. The summed E-state index contributed by atoms with van der Waals surface area (Å²) in [5, 5.41) is 0. The fourth-order valence-electron chi connectivity index (χ4n) is 1.41. The highest BCUT2D eigenvalue weighted by molar-refractivity contribution is 9.09. The minimum Gasteiger partial charge on any atom is -0.317 e. The van der Waals surface area contributed by atoms with Crippen LogP contribution in [0.15, 0.2) is 0 Å². The molecule has 0 spiro atoms. The van der Waals surface area contributed by atoms with Gasteiger partial charge in [0.2, 0.25) is 6.54 Å². The first-order valence-electron chi connectivity index (χ1n) is 4.69. The third-order valence-electron chi connectivity index (χ3n) is 2.15. The van der Waals surface area contributed by atoms with Crippen molar-refractivity contribution in [3.8, 4) is 0 Å². The molecule has 0 heterocycles. The fourth-order valence-corrected chi connectivity index (χ4v) is 1.94. The largest absolute Gasteiger partial charge is 0.317 e. The predicted molar refractivity (Wildman–Crippen MR) is 57.5 cm³/mol. The second-order valence-electron chi connectivity index (χ2n) is 3.25. The van der Waals surface area contributed by atoms with Gasteiger partial charge >= 0.3 is 0 Å². The summed E-state index contributed by atoms with van der Waals surface area (Å²) in [7, 11) is 0. The molecule has 0 rings (SSSR count). The maximum atomic E-state index is 6.67. The van der Waals surface area contributed by atoms with Crippen LogP contribution in [0.1, 0.15) is 39.5 Å². The lowest BCUT2D eigenvalue weighted by molar-refractivity contribution is 0.440. The highest BCUT2D eigenvalue weighted by Gasteiger charge is 2.13. The Balaban J connectivity index is 3.57. The Labute approximate surface area is 84.5 Å². The van der Waals surface area contributed by atoms with Crippen molar-refractivity contribution in [2.24, 2.45) is 5.92 Å². The summed E-state index contributed by atoms with van der Waals surface area (Å²) in [6.45, 7) is 11.8. The summed E-state index contributed by atoms with van der Waals surface area (Å²) in [5.41, 5.74) is 0. The van der Waals surface area contributed by atoms with E-state index in [1.807, 2.05) is 0 Å². The summed E-state index contributed by atoms with van der Waals surface area (Å²) in [6.07, 6.45) is 4.79. The van der Waals surface area contributed by atoms with Crippen molar-refractivity contribution in [2.75, 3.05) is 6.54 Å². The van der Waals surface area contributed by atoms with Crippen LogP contribution in [-0.2, 0) is 0 Å². The average Bonchev–Trinajstić information content (AvgIpc) is 2.03. The van der Waals surface area contributed by atoms with Crippen LogP contribution >= 0.6 is 15.9 Å². The van der Waals surface area contributed by atoms with Gasteiger partial charge in [-0.1, -0.05) is 36.2 Å². The second-order valence-corrected chi connectivity index (χ2v) is 4.69. The molecule has 2 atom stereocenters. The van der Waals surface area contributed by atoms with Crippen LogP contribution in [0.4, 0.5) is 0 Å². The van der Waals surface area contributed by atoms with Gasteiger partial charge in [-0.3, -0.25) is 0 Å². The molecule has 0 aliphatic carbocycles. The van der Waals surface area contributed by atoms with Crippen LogP contribution < -0.4 is 0 Å². The van der Waals surface area contributed by atoms with E-state index in [1.165, 1.54) is 19.3 Å². The number of nitrogens with zero attached hydrogens (tertiary/aromatic N) is 1. The Bertz CT molecular complexity index is 137. The van der Waals surface area contributed by atoms with Crippen LogP contribution in [0.25, 0.3) is 4.85 Å². The van der Waals surface area contributed by atoms with Crippen molar-refractivity contribution in [1.82, 2.24) is 0 Å². The maximum Gasteiger partial charge on any atom is 0.214 e. The zero-order chi connectivity index (χ0) is 9.40. The van der Waals surface area contributed by atoms with Crippen LogP contribution in [0.5, 0.6) is 0 Å². The number of halogens is 1. The predicted octanol–water partition coefficient (Wildman–Crippen LogP) is 3.89. The van der Waals surface area contributed by atoms with Crippen LogP contribution in [-0.4, -0.2) is 11.4 Å². The summed E-state index contributed by atoms with van der Waals surface area (Å²) in [5.74, 6) is 0.761. The maximum absolute atomic E-state index is 6.67. The SMILES string of the molecule is [C-]#[N+]CCCC(CCC)C(C)Br. The molecule has 70 valence electrons. The van der Waals surface area contributed by atoms with Crippen LogP contribution in [0.3, 0.4) is 0 Å². The van der Waals surface area contributed by atoms with Crippen molar-refractivity contribution in [3.63, 3.8) is 0 Å². The molecule has 0 aliphatic rings. The van der Waals surface area contributed by atoms with Gasteiger partial charge in [0.1, 0.15) is 0 Å². The molecule has 12 heavy (non-hydrogen) atoms. The number of alkyl halides is 1. The topological polar surface area (TPSA) is 4.36 Å². The summed E-state index contributed by atoms with van der Waals surface area (Å²) in [4.78, 5) is 3.96. The molecule has 0 bridgehead atoms. The lowest BCUT2D eigenvalue weighted by Crippen LogP contribution is -2.10. The highest BCUT2D eigenvalue weighted by Crippen LogP contribution is 2.22. The summed E-state index contributed by atoms with van der Waals surface area (Å²) < 4.78 is 0. The molecule has 0 saturated heterocycles. The fraction of sp³-hybridized carbons (Fsp3) is 0.900. The third kappa shape index (κ3) is 5.60. The van der Waals surface area contributed by atoms with E-state index in [4.69, 9.17) is 6.57 Å². The molecule has 0 aromatic carbocycles. The molecule has 0 saturated carbocycles. The molecule has 0 aromatic heterocycles. The first kappa shape index (κ1) is 12.0. The molecule has 2 unspecified atom stereocenters. The van der Waals surface area contributed by atoms with Gasteiger partial charge in [0.05, 0.1) is 0 Å². The lowest BCUT2D eigenvalue weighted by Gasteiger charge is -2.17. The minimum absolute atomic E-state index is 0.600. The standard InChI is InChI=1S/C10H18BrN/c1-4-6-10(9(2)11)7-5-8-12-3/h9-10H,4-8H2,1-2H3. The Kier molecular flexibility index (Phi) is 7.59. The van der Waals surface area contributed by atoms with E-state index < -0.39 is 0 Å². The van der Waals surface area contributed by atoms with Gasteiger partial charge in [0, 0.05) is 11.2 Å². The van der Waals surface area contributed by atoms with E-state index in [1.54, 1.807) is 0 Å². The zero-order valence-corrected chi connectivity index (χ0v) is 9.60. The van der Waals surface area contributed by atoms with E-state index in [9.17, 15) is 0 Å². The summed E-state index contributed by atoms with van der Waals surface area (Å²) in [6, 6.07) is 0. The lowest BCUT2D eigenvalue weighted by atomic mass is 9.95. The quantitative estimate of drug-likeness (QED) is 0.372. The molecule has 0 N–H and O–H groups in total. The third-order valence-corrected chi connectivity index (χ3v) is 2.90. The Morgan fingerprint density at radius 3 is 2.50 bits per heavy atom. The molecule has 0 radical (unpaired) electrons. The molecule has 0 fully saturated rings. The molecule has 1 nitrogen and oxygen atoms in total. The normalized spacial score (nSPS) is 15.2. The summed E-state index contributed by atoms with van der Waals surface area (Å²) >= 11 is 3.62. The number of hydrogen-bond donors (Lipinski definition) is 0. The van der Waals surface area contributed by atoms with Crippen LogP contribution in [0, 0.1) is 12.5 Å². The van der Waals surface area contributed by atoms with Gasteiger partial charge in [-0.25, -0.2) is 6.57 Å². The second kappa shape index (κ2) is 7.61. The van der Waals surface area contributed by atoms with E-state index in [0.717, 1.165) is 12.3 Å². The van der Waals surface area contributed by atoms with Gasteiger partial charge in [0.25, 0.3) is 0 Å². The van der Waals surface area contributed by atoms with Crippen molar-refractivity contribution >= 4 is 15.9 Å². The van der Waals surface area contributed by atoms with E-state index >= 15 is 0 Å². The van der Waals surface area contributed by atoms with Gasteiger partial charge < -0.3 is 4.85 Å². The Hall–Kier alpha value is -0.0300. The van der Waals surface area contributed by atoms with Crippen molar-refractivity contribution < 1.29 is 0 Å². The number of hydrogen-bond acceptors (Lipinski definition) is 0. The van der Waals surface area contributed by atoms with Gasteiger partial charge in [-0.15, -0.1) is 0 Å². The van der Waals surface area contributed by atoms with Crippen LogP contribution in [0.2, 0.25) is 0 Å². The van der Waals surface area contributed by atoms with E-state index in [0.29, 0.717) is 11.4 Å². The van der Waals surface area contributed by atoms with Gasteiger partial charge in [-0.2, -0.15) is 0 Å². The molecular formula is C10H18BrN. The Morgan fingerprint density at radius 1 is 1.42 bits per heavy atom. The first-order valence-corrected chi connectivity index (χ1v) is 5.61. The van der Waals surface area contributed by atoms with Gasteiger partial charge in [-0.05, 0) is 18.8 Å². The first-order chi connectivity index (χ1) is 5.72. The molecule has 0 aliphatic heterocycles. The van der Waals surface area contributed by atoms with Crippen molar-refractivity contribution in [1.29, 1.82) is 0 Å². The molecule has 0 aromatic rings. The van der Waals surface area contributed by atoms with E-state index in [2.05, 4.69) is 34.6 Å². The number of rotatable bonds is 6. The average molecular weight is 232 g/mol. The van der Waals surface area contributed by atoms with E-state index in [-0.39, 0.29) is 0 Å². The Morgan fingerprint density at radius 2 is 2.08 bits per heavy atom. The van der Waals surface area contributed by atoms with Crippen molar-refractivity contribution in [2.45, 2.75) is 44.4 Å².